The zero-order chi connectivity index (χ0) is 15.4. The molecule has 0 bridgehead atoms. The molecule has 0 amide bonds. The van der Waals surface area contributed by atoms with Crippen molar-refractivity contribution in [1.29, 1.82) is 0 Å². The Balaban J connectivity index is 0.00000242. The molecule has 0 aliphatic heterocycles. The minimum atomic E-state index is -0.140. The van der Waals surface area contributed by atoms with Crippen molar-refractivity contribution in [1.82, 2.24) is 0 Å². The second-order valence-electron chi connectivity index (χ2n) is 4.10. The molecule has 0 N–H and O–H groups in total. The number of carbonyl (C=O) groups is 1. The van der Waals surface area contributed by atoms with Crippen molar-refractivity contribution in [3.8, 4) is 11.5 Å². The molecule has 1 atom stereocenters. The van der Waals surface area contributed by atoms with Gasteiger partial charge in [0, 0.05) is 0 Å². The van der Waals surface area contributed by atoms with Gasteiger partial charge in [-0.25, -0.2) is 0 Å². The van der Waals surface area contributed by atoms with E-state index in [1.165, 1.54) is 20.3 Å². The Bertz CT molecular complexity index is 637. The van der Waals surface area contributed by atoms with Crippen molar-refractivity contribution >= 4 is 61.5 Å². The molecule has 0 aliphatic carbocycles. The fourth-order valence-corrected chi connectivity index (χ4v) is 3.50. The van der Waals surface area contributed by atoms with Crippen LogP contribution in [0.4, 0.5) is 0 Å². The average Bonchev–Trinajstić information content (AvgIpc) is 2.47. The van der Waals surface area contributed by atoms with Crippen LogP contribution in [0.1, 0.15) is 10.4 Å². The first-order valence-electron chi connectivity index (χ1n) is 6.04. The number of hydrogen-bond acceptors (Lipinski definition) is 3. The standard InChI is InChI=1S/C15H13Cl2O3P.Li.H/c1-19-13-10(16)8-11(17)14(20-2)12(13)15(18)21-9-6-4-3-5-7-9;;/h3-8,21H,1-2H3;;. The van der Waals surface area contributed by atoms with Crippen molar-refractivity contribution in [2.24, 2.45) is 0 Å². The van der Waals surface area contributed by atoms with E-state index in [4.69, 9.17) is 32.7 Å². The summed E-state index contributed by atoms with van der Waals surface area (Å²) in [6.45, 7) is 0. The summed E-state index contributed by atoms with van der Waals surface area (Å²) in [5, 5.41) is 1.48. The molecule has 7 heteroatoms. The Morgan fingerprint density at radius 2 is 1.50 bits per heavy atom. The van der Waals surface area contributed by atoms with E-state index in [-0.39, 0.29) is 60.1 Å². The van der Waals surface area contributed by atoms with Gasteiger partial charge in [0.2, 0.25) is 0 Å². The predicted octanol–water partition coefficient (Wildman–Crippen LogP) is 3.51. The first-order chi connectivity index (χ1) is 10.1. The Morgan fingerprint density at radius 3 is 1.95 bits per heavy atom. The number of rotatable bonds is 5. The molecule has 0 fully saturated rings. The second kappa shape index (κ2) is 8.82. The van der Waals surface area contributed by atoms with E-state index in [1.807, 2.05) is 30.3 Å². The Labute approximate surface area is 153 Å². The third-order valence-electron chi connectivity index (χ3n) is 2.81. The third kappa shape index (κ3) is 4.19. The van der Waals surface area contributed by atoms with E-state index in [1.54, 1.807) is 0 Å². The molecule has 0 spiro atoms. The van der Waals surface area contributed by atoms with Crippen molar-refractivity contribution < 1.29 is 14.3 Å². The van der Waals surface area contributed by atoms with Crippen molar-refractivity contribution in [3.63, 3.8) is 0 Å². The van der Waals surface area contributed by atoms with Crippen LogP contribution in [-0.4, -0.2) is 38.6 Å². The molecular weight excluding hydrogens is 337 g/mol. The topological polar surface area (TPSA) is 35.5 Å². The summed E-state index contributed by atoms with van der Waals surface area (Å²) < 4.78 is 10.5. The fourth-order valence-electron chi connectivity index (χ4n) is 1.90. The molecule has 0 heterocycles. The zero-order valence-electron chi connectivity index (χ0n) is 11.4. The van der Waals surface area contributed by atoms with E-state index in [2.05, 4.69) is 0 Å². The third-order valence-corrected chi connectivity index (χ3v) is 4.47. The fraction of sp³-hybridized carbons (Fsp3) is 0.133. The van der Waals surface area contributed by atoms with Crippen molar-refractivity contribution in [2.45, 2.75) is 0 Å². The molecule has 3 nitrogen and oxygen atoms in total. The van der Waals surface area contributed by atoms with Gasteiger partial charge in [-0.2, -0.15) is 0 Å². The van der Waals surface area contributed by atoms with E-state index >= 15 is 0 Å². The van der Waals surface area contributed by atoms with E-state index in [0.29, 0.717) is 0 Å². The molecule has 0 saturated carbocycles. The summed E-state index contributed by atoms with van der Waals surface area (Å²) in [4.78, 5) is 12.6. The molecule has 112 valence electrons. The quantitative estimate of drug-likeness (QED) is 0.611. The summed E-state index contributed by atoms with van der Waals surface area (Å²) in [5.74, 6) is 0.567. The Morgan fingerprint density at radius 1 is 1.00 bits per heavy atom. The number of ether oxygens (including phenoxy) is 2. The van der Waals surface area contributed by atoms with Gasteiger partial charge in [-0.3, -0.25) is 4.79 Å². The van der Waals surface area contributed by atoms with E-state index in [0.717, 1.165) is 5.30 Å². The molecule has 1 unspecified atom stereocenters. The zero-order valence-corrected chi connectivity index (χ0v) is 14.0. The number of methoxy groups -OCH3 is 2. The molecule has 2 aromatic carbocycles. The van der Waals surface area contributed by atoms with Gasteiger partial charge in [-0.05, 0) is 20.0 Å². The summed E-state index contributed by atoms with van der Waals surface area (Å²) in [6.07, 6.45) is 0. The minimum absolute atomic E-state index is 0. The number of halogens is 2. The Hall–Kier alpha value is -0.683. The second-order valence-corrected chi connectivity index (χ2v) is 6.20. The van der Waals surface area contributed by atoms with E-state index in [9.17, 15) is 4.79 Å². The van der Waals surface area contributed by atoms with Crippen LogP contribution < -0.4 is 14.8 Å². The molecule has 0 saturated heterocycles. The molecule has 0 aromatic heterocycles. The summed E-state index contributed by atoms with van der Waals surface area (Å²) in [6, 6.07) is 11.0. The van der Waals surface area contributed by atoms with Gasteiger partial charge in [0.05, 0.1) is 24.3 Å². The summed E-state index contributed by atoms with van der Waals surface area (Å²) in [7, 11) is 2.84. The van der Waals surface area contributed by atoms with Gasteiger partial charge in [0.15, 0.2) is 17.0 Å². The van der Waals surface area contributed by atoms with Crippen LogP contribution in [0.15, 0.2) is 36.4 Å². The van der Waals surface area contributed by atoms with Crippen LogP contribution in [0.3, 0.4) is 0 Å². The molecular formula is C15H14Cl2LiO3P. The van der Waals surface area contributed by atoms with Crippen molar-refractivity contribution in [2.75, 3.05) is 14.2 Å². The van der Waals surface area contributed by atoms with Crippen LogP contribution in [0.2, 0.25) is 10.0 Å². The SMILES string of the molecule is COc1c(Cl)cc(Cl)c(OC)c1C(=O)Pc1ccccc1.[LiH]. The maximum atomic E-state index is 12.6. The average molecular weight is 351 g/mol. The molecule has 22 heavy (non-hydrogen) atoms. The van der Waals surface area contributed by atoms with Gasteiger partial charge in [0.1, 0.15) is 5.56 Å². The molecule has 2 aromatic rings. The summed E-state index contributed by atoms with van der Waals surface area (Å²) >= 11 is 12.2. The first-order valence-corrected chi connectivity index (χ1v) is 7.80. The van der Waals surface area contributed by atoms with Gasteiger partial charge in [0.25, 0.3) is 0 Å². The number of hydrogen-bond donors (Lipinski definition) is 0. The molecule has 2 rings (SSSR count). The first kappa shape index (κ1) is 19.4. The molecule has 0 radical (unpaired) electrons. The van der Waals surface area contributed by atoms with Crippen molar-refractivity contribution in [3.05, 3.63) is 52.0 Å². The van der Waals surface area contributed by atoms with Crippen LogP contribution in [0.25, 0.3) is 0 Å². The van der Waals surface area contributed by atoms with Gasteiger partial charge < -0.3 is 9.47 Å². The van der Waals surface area contributed by atoms with Gasteiger partial charge >= 0.3 is 18.9 Å². The molecule has 0 aliphatic rings. The van der Waals surface area contributed by atoms with Crippen LogP contribution in [0.5, 0.6) is 11.5 Å². The van der Waals surface area contributed by atoms with Crippen LogP contribution in [0, 0.1) is 0 Å². The normalized spacial score (nSPS) is 10.4. The number of carbonyl (C=O) groups excluding carboxylic acids is 1. The Kier molecular flexibility index (Phi) is 7.76. The predicted molar refractivity (Wildman–Crippen MR) is 95.4 cm³/mol. The van der Waals surface area contributed by atoms with Gasteiger partial charge in [-0.15, -0.1) is 0 Å². The van der Waals surface area contributed by atoms with Crippen LogP contribution in [-0.2, 0) is 0 Å². The monoisotopic (exact) mass is 350 g/mol. The maximum absolute atomic E-state index is 12.6. The number of benzene rings is 2. The van der Waals surface area contributed by atoms with E-state index < -0.39 is 0 Å². The van der Waals surface area contributed by atoms with Gasteiger partial charge in [-0.1, -0.05) is 53.5 Å². The summed E-state index contributed by atoms with van der Waals surface area (Å²) in [5.41, 5.74) is 0.138. The van der Waals surface area contributed by atoms with Crippen LogP contribution >= 0.6 is 31.8 Å².